The van der Waals surface area contributed by atoms with Gasteiger partial charge in [-0.3, -0.25) is 15.2 Å². The third kappa shape index (κ3) is 2.37. The summed E-state index contributed by atoms with van der Waals surface area (Å²) in [5.41, 5.74) is 4.40. The SMILES string of the molecule is CC(C)c1cc(C(=O)NN)c2cc(Br)ccc2n1. The summed E-state index contributed by atoms with van der Waals surface area (Å²) in [5, 5.41) is 0.789. The molecule has 0 aliphatic carbocycles. The third-order valence-corrected chi connectivity index (χ3v) is 3.25. The van der Waals surface area contributed by atoms with E-state index in [-0.39, 0.29) is 11.8 Å². The van der Waals surface area contributed by atoms with Crippen molar-refractivity contribution in [1.82, 2.24) is 10.4 Å². The van der Waals surface area contributed by atoms with Gasteiger partial charge in [-0.15, -0.1) is 0 Å². The number of nitrogens with zero attached hydrogens (tertiary/aromatic N) is 1. The molecule has 0 spiro atoms. The van der Waals surface area contributed by atoms with Crippen LogP contribution in [0.4, 0.5) is 0 Å². The average molecular weight is 308 g/mol. The van der Waals surface area contributed by atoms with Gasteiger partial charge in [0.25, 0.3) is 5.91 Å². The molecule has 1 amide bonds. The van der Waals surface area contributed by atoms with E-state index in [4.69, 9.17) is 5.84 Å². The fourth-order valence-corrected chi connectivity index (χ4v) is 2.14. The number of hydrogen-bond donors (Lipinski definition) is 2. The summed E-state index contributed by atoms with van der Waals surface area (Å²) in [6.07, 6.45) is 0. The summed E-state index contributed by atoms with van der Waals surface area (Å²) in [6, 6.07) is 7.46. The number of halogens is 1. The first-order chi connectivity index (χ1) is 8.52. The van der Waals surface area contributed by atoms with Crippen LogP contribution in [0.25, 0.3) is 10.9 Å². The van der Waals surface area contributed by atoms with E-state index in [0.717, 1.165) is 21.1 Å². The number of carbonyl (C=O) groups excluding carboxylic acids is 1. The molecular formula is C13H14BrN3O. The smallest absolute Gasteiger partial charge is 0.265 e. The first kappa shape index (κ1) is 13.0. The monoisotopic (exact) mass is 307 g/mol. The van der Waals surface area contributed by atoms with Gasteiger partial charge in [0.1, 0.15) is 0 Å². The standard InChI is InChI=1S/C13H14BrN3O/c1-7(2)12-6-10(13(18)17-15)9-5-8(14)3-4-11(9)16-12/h3-7H,15H2,1-2H3,(H,17,18). The number of hydrogen-bond acceptors (Lipinski definition) is 3. The Kier molecular flexibility index (Phi) is 3.63. The number of benzene rings is 1. The van der Waals surface area contributed by atoms with Crippen LogP contribution in [0.1, 0.15) is 35.8 Å². The molecule has 0 fully saturated rings. The Bertz CT molecular complexity index is 610. The number of amides is 1. The third-order valence-electron chi connectivity index (χ3n) is 2.76. The highest BCUT2D eigenvalue weighted by molar-refractivity contribution is 9.10. The predicted octanol–water partition coefficient (Wildman–Crippen LogP) is 2.72. The number of pyridine rings is 1. The van der Waals surface area contributed by atoms with E-state index in [1.807, 2.05) is 32.0 Å². The van der Waals surface area contributed by atoms with Crippen LogP contribution in [-0.2, 0) is 0 Å². The molecule has 0 radical (unpaired) electrons. The molecule has 1 aromatic heterocycles. The van der Waals surface area contributed by atoms with Gasteiger partial charge in [-0.05, 0) is 30.2 Å². The molecule has 3 N–H and O–H groups in total. The fourth-order valence-electron chi connectivity index (χ4n) is 1.78. The second-order valence-electron chi connectivity index (χ2n) is 4.38. The van der Waals surface area contributed by atoms with Crippen LogP contribution in [0.15, 0.2) is 28.7 Å². The Morgan fingerprint density at radius 1 is 1.39 bits per heavy atom. The lowest BCUT2D eigenvalue weighted by molar-refractivity contribution is 0.0955. The lowest BCUT2D eigenvalue weighted by atomic mass is 10.0. The van der Waals surface area contributed by atoms with Gasteiger partial charge >= 0.3 is 0 Å². The topological polar surface area (TPSA) is 68.0 Å². The van der Waals surface area contributed by atoms with E-state index < -0.39 is 0 Å². The average Bonchev–Trinajstić information content (AvgIpc) is 2.36. The largest absolute Gasteiger partial charge is 0.290 e. The minimum absolute atomic E-state index is 0.252. The number of fused-ring (bicyclic) bond motifs is 1. The number of nitrogens with one attached hydrogen (secondary N) is 1. The summed E-state index contributed by atoms with van der Waals surface area (Å²) in [6.45, 7) is 4.08. The lowest BCUT2D eigenvalue weighted by Gasteiger charge is -2.11. The van der Waals surface area contributed by atoms with Crippen molar-refractivity contribution < 1.29 is 4.79 Å². The molecule has 0 bridgehead atoms. The van der Waals surface area contributed by atoms with Crippen LogP contribution in [0.3, 0.4) is 0 Å². The molecule has 4 nitrogen and oxygen atoms in total. The molecule has 0 aliphatic rings. The van der Waals surface area contributed by atoms with E-state index in [0.29, 0.717) is 5.56 Å². The van der Waals surface area contributed by atoms with Crippen molar-refractivity contribution in [2.24, 2.45) is 5.84 Å². The predicted molar refractivity (Wildman–Crippen MR) is 75.2 cm³/mol. The van der Waals surface area contributed by atoms with Gasteiger partial charge in [0.15, 0.2) is 0 Å². The maximum absolute atomic E-state index is 11.8. The van der Waals surface area contributed by atoms with Gasteiger partial charge in [-0.2, -0.15) is 0 Å². The molecule has 0 saturated carbocycles. The van der Waals surface area contributed by atoms with Crippen molar-refractivity contribution in [2.75, 3.05) is 0 Å². The van der Waals surface area contributed by atoms with E-state index in [9.17, 15) is 4.79 Å². The molecule has 2 rings (SSSR count). The second-order valence-corrected chi connectivity index (χ2v) is 5.30. The number of rotatable bonds is 2. The second kappa shape index (κ2) is 5.04. The minimum Gasteiger partial charge on any atom is -0.290 e. The molecule has 2 aromatic rings. The van der Waals surface area contributed by atoms with Gasteiger partial charge in [-0.1, -0.05) is 29.8 Å². The molecule has 0 saturated heterocycles. The zero-order valence-electron chi connectivity index (χ0n) is 10.2. The molecule has 0 unspecified atom stereocenters. The summed E-state index contributed by atoms with van der Waals surface area (Å²) >= 11 is 3.39. The molecule has 0 atom stereocenters. The first-order valence-corrected chi connectivity index (χ1v) is 6.43. The van der Waals surface area contributed by atoms with Crippen molar-refractivity contribution in [3.8, 4) is 0 Å². The number of aromatic nitrogens is 1. The summed E-state index contributed by atoms with van der Waals surface area (Å²) in [7, 11) is 0. The Labute approximate surface area is 114 Å². The summed E-state index contributed by atoms with van der Waals surface area (Å²) in [4.78, 5) is 16.4. The van der Waals surface area contributed by atoms with Crippen LogP contribution in [0.2, 0.25) is 0 Å². The Morgan fingerprint density at radius 2 is 2.11 bits per heavy atom. The zero-order valence-corrected chi connectivity index (χ0v) is 11.8. The molecule has 18 heavy (non-hydrogen) atoms. The highest BCUT2D eigenvalue weighted by Gasteiger charge is 2.13. The minimum atomic E-state index is -0.303. The number of nitrogen functional groups attached to an aromatic ring is 1. The summed E-state index contributed by atoms with van der Waals surface area (Å²) < 4.78 is 0.903. The molecule has 5 heteroatoms. The highest BCUT2D eigenvalue weighted by Crippen LogP contribution is 2.25. The van der Waals surface area contributed by atoms with Crippen LogP contribution >= 0.6 is 15.9 Å². The van der Waals surface area contributed by atoms with Gasteiger partial charge < -0.3 is 0 Å². The normalized spacial score (nSPS) is 10.9. The Hall–Kier alpha value is -1.46. The van der Waals surface area contributed by atoms with Gasteiger partial charge in [0, 0.05) is 15.6 Å². The van der Waals surface area contributed by atoms with Crippen molar-refractivity contribution in [1.29, 1.82) is 0 Å². The summed E-state index contributed by atoms with van der Waals surface area (Å²) in [5.74, 6) is 5.18. The van der Waals surface area contributed by atoms with E-state index in [1.54, 1.807) is 6.07 Å². The molecule has 1 heterocycles. The molecule has 0 aliphatic heterocycles. The molecule has 1 aromatic carbocycles. The van der Waals surface area contributed by atoms with E-state index in [1.165, 1.54) is 0 Å². The van der Waals surface area contributed by atoms with Crippen LogP contribution in [-0.4, -0.2) is 10.9 Å². The van der Waals surface area contributed by atoms with Crippen molar-refractivity contribution in [3.05, 3.63) is 40.0 Å². The van der Waals surface area contributed by atoms with E-state index >= 15 is 0 Å². The number of carbonyl (C=O) groups is 1. The van der Waals surface area contributed by atoms with Crippen LogP contribution in [0.5, 0.6) is 0 Å². The molecular weight excluding hydrogens is 294 g/mol. The van der Waals surface area contributed by atoms with E-state index in [2.05, 4.69) is 26.3 Å². The Morgan fingerprint density at radius 3 is 2.72 bits per heavy atom. The maximum Gasteiger partial charge on any atom is 0.265 e. The van der Waals surface area contributed by atoms with Gasteiger partial charge in [-0.25, -0.2) is 5.84 Å². The van der Waals surface area contributed by atoms with Gasteiger partial charge in [0.2, 0.25) is 0 Å². The van der Waals surface area contributed by atoms with Crippen molar-refractivity contribution in [2.45, 2.75) is 19.8 Å². The van der Waals surface area contributed by atoms with Crippen LogP contribution in [0, 0.1) is 0 Å². The highest BCUT2D eigenvalue weighted by atomic mass is 79.9. The first-order valence-electron chi connectivity index (χ1n) is 5.64. The quantitative estimate of drug-likeness (QED) is 0.509. The maximum atomic E-state index is 11.8. The Balaban J connectivity index is 2.77. The van der Waals surface area contributed by atoms with Gasteiger partial charge in [0.05, 0.1) is 11.1 Å². The molecule has 94 valence electrons. The zero-order chi connectivity index (χ0) is 13.3. The van der Waals surface area contributed by atoms with Crippen molar-refractivity contribution in [3.63, 3.8) is 0 Å². The van der Waals surface area contributed by atoms with Crippen LogP contribution < -0.4 is 11.3 Å². The number of nitrogens with two attached hydrogens (primary N) is 1. The van der Waals surface area contributed by atoms with Crippen molar-refractivity contribution >= 4 is 32.7 Å². The number of hydrazine groups is 1. The lowest BCUT2D eigenvalue weighted by Crippen LogP contribution is -2.30. The fraction of sp³-hybridized carbons (Fsp3) is 0.231.